The van der Waals surface area contributed by atoms with Crippen molar-refractivity contribution in [1.29, 1.82) is 0 Å². The SMILES string of the molecule is NC1CN(C2CCOC2)C1. The van der Waals surface area contributed by atoms with Crippen LogP contribution in [-0.2, 0) is 4.74 Å². The third-order valence-corrected chi connectivity index (χ3v) is 2.36. The second-order valence-electron chi connectivity index (χ2n) is 3.23. The second kappa shape index (κ2) is 2.49. The Bertz CT molecular complexity index is 117. The zero-order valence-corrected chi connectivity index (χ0v) is 6.12. The van der Waals surface area contributed by atoms with Crippen molar-refractivity contribution >= 4 is 0 Å². The first-order chi connectivity index (χ1) is 4.86. The van der Waals surface area contributed by atoms with E-state index in [-0.39, 0.29) is 0 Å². The number of hydrogen-bond acceptors (Lipinski definition) is 3. The van der Waals surface area contributed by atoms with Crippen LogP contribution in [0, 0.1) is 0 Å². The molecular weight excluding hydrogens is 128 g/mol. The topological polar surface area (TPSA) is 38.5 Å². The Morgan fingerprint density at radius 2 is 2.20 bits per heavy atom. The van der Waals surface area contributed by atoms with Crippen LogP contribution in [0.5, 0.6) is 0 Å². The second-order valence-corrected chi connectivity index (χ2v) is 3.23. The maximum absolute atomic E-state index is 5.65. The van der Waals surface area contributed by atoms with Crippen molar-refractivity contribution in [3.63, 3.8) is 0 Å². The van der Waals surface area contributed by atoms with Gasteiger partial charge in [-0.1, -0.05) is 0 Å². The van der Waals surface area contributed by atoms with Gasteiger partial charge in [0, 0.05) is 31.8 Å². The molecule has 0 saturated carbocycles. The molecule has 0 spiro atoms. The van der Waals surface area contributed by atoms with E-state index < -0.39 is 0 Å². The lowest BCUT2D eigenvalue weighted by Gasteiger charge is -2.40. The Morgan fingerprint density at radius 3 is 2.70 bits per heavy atom. The zero-order valence-electron chi connectivity index (χ0n) is 6.12. The first kappa shape index (κ1) is 6.58. The molecule has 0 radical (unpaired) electrons. The molecule has 0 aromatic rings. The Morgan fingerprint density at radius 1 is 1.40 bits per heavy atom. The van der Waals surface area contributed by atoms with E-state index in [2.05, 4.69) is 4.90 Å². The average molecular weight is 142 g/mol. The van der Waals surface area contributed by atoms with Crippen molar-refractivity contribution in [3.8, 4) is 0 Å². The minimum absolute atomic E-state index is 0.431. The number of ether oxygens (including phenoxy) is 1. The molecule has 1 unspecified atom stereocenters. The first-order valence-corrected chi connectivity index (χ1v) is 3.93. The summed E-state index contributed by atoms with van der Waals surface area (Å²) in [5.74, 6) is 0. The highest BCUT2D eigenvalue weighted by molar-refractivity contribution is 4.89. The van der Waals surface area contributed by atoms with Crippen LogP contribution in [0.4, 0.5) is 0 Å². The summed E-state index contributed by atoms with van der Waals surface area (Å²) in [4.78, 5) is 2.41. The normalized spacial score (nSPS) is 36.3. The van der Waals surface area contributed by atoms with Crippen molar-refractivity contribution < 1.29 is 4.74 Å². The van der Waals surface area contributed by atoms with Crippen molar-refractivity contribution in [1.82, 2.24) is 4.90 Å². The Kier molecular flexibility index (Phi) is 1.64. The summed E-state index contributed by atoms with van der Waals surface area (Å²) in [5, 5.41) is 0. The van der Waals surface area contributed by atoms with E-state index in [4.69, 9.17) is 10.5 Å². The number of rotatable bonds is 1. The maximum Gasteiger partial charge on any atom is 0.0622 e. The van der Waals surface area contributed by atoms with Gasteiger partial charge >= 0.3 is 0 Å². The lowest BCUT2D eigenvalue weighted by molar-refractivity contribution is 0.0798. The molecule has 2 rings (SSSR count). The van der Waals surface area contributed by atoms with E-state index >= 15 is 0 Å². The van der Waals surface area contributed by atoms with E-state index in [9.17, 15) is 0 Å². The van der Waals surface area contributed by atoms with Gasteiger partial charge in [-0.2, -0.15) is 0 Å². The third kappa shape index (κ3) is 1.05. The van der Waals surface area contributed by atoms with Crippen LogP contribution >= 0.6 is 0 Å². The molecular formula is C7H14N2O. The quantitative estimate of drug-likeness (QED) is 0.532. The van der Waals surface area contributed by atoms with Gasteiger partial charge in [-0.15, -0.1) is 0 Å². The molecule has 0 aromatic carbocycles. The summed E-state index contributed by atoms with van der Waals surface area (Å²) in [6, 6.07) is 1.11. The summed E-state index contributed by atoms with van der Waals surface area (Å²) in [6.45, 7) is 4.02. The van der Waals surface area contributed by atoms with Gasteiger partial charge in [0.15, 0.2) is 0 Å². The van der Waals surface area contributed by atoms with Gasteiger partial charge in [-0.3, -0.25) is 4.90 Å². The molecule has 2 fully saturated rings. The van der Waals surface area contributed by atoms with Crippen LogP contribution in [0.3, 0.4) is 0 Å². The molecule has 0 aromatic heterocycles. The Balaban J connectivity index is 1.78. The minimum atomic E-state index is 0.431. The molecule has 3 heteroatoms. The molecule has 10 heavy (non-hydrogen) atoms. The summed E-state index contributed by atoms with van der Waals surface area (Å²) < 4.78 is 5.27. The van der Waals surface area contributed by atoms with E-state index in [1.54, 1.807) is 0 Å². The van der Waals surface area contributed by atoms with Crippen LogP contribution in [-0.4, -0.2) is 43.3 Å². The molecule has 0 bridgehead atoms. The van der Waals surface area contributed by atoms with Crippen LogP contribution in [0.2, 0.25) is 0 Å². The van der Waals surface area contributed by atoms with Crippen LogP contribution < -0.4 is 5.73 Å². The van der Waals surface area contributed by atoms with Crippen molar-refractivity contribution in [2.24, 2.45) is 5.73 Å². The van der Waals surface area contributed by atoms with Gasteiger partial charge < -0.3 is 10.5 Å². The molecule has 2 saturated heterocycles. The third-order valence-electron chi connectivity index (χ3n) is 2.36. The predicted octanol–water partition coefficient (Wildman–Crippen LogP) is -0.582. The predicted molar refractivity (Wildman–Crippen MR) is 38.8 cm³/mol. The largest absolute Gasteiger partial charge is 0.380 e. The summed E-state index contributed by atoms with van der Waals surface area (Å²) >= 11 is 0. The van der Waals surface area contributed by atoms with E-state index in [1.807, 2.05) is 0 Å². The first-order valence-electron chi connectivity index (χ1n) is 3.93. The van der Waals surface area contributed by atoms with Crippen LogP contribution in [0.15, 0.2) is 0 Å². The molecule has 0 aliphatic carbocycles. The molecule has 2 N–H and O–H groups in total. The standard InChI is InChI=1S/C7H14N2O/c8-6-3-9(4-6)7-1-2-10-5-7/h6-7H,1-5,8H2. The van der Waals surface area contributed by atoms with Gasteiger partial charge in [0.25, 0.3) is 0 Å². The smallest absolute Gasteiger partial charge is 0.0622 e. The van der Waals surface area contributed by atoms with E-state index in [0.29, 0.717) is 12.1 Å². The van der Waals surface area contributed by atoms with Crippen molar-refractivity contribution in [2.45, 2.75) is 18.5 Å². The highest BCUT2D eigenvalue weighted by Gasteiger charge is 2.31. The van der Waals surface area contributed by atoms with E-state index in [1.165, 1.54) is 6.42 Å². The number of nitrogens with two attached hydrogens (primary N) is 1. The fraction of sp³-hybridized carbons (Fsp3) is 1.00. The lowest BCUT2D eigenvalue weighted by atomic mass is 10.1. The fourth-order valence-electron chi connectivity index (χ4n) is 1.66. The van der Waals surface area contributed by atoms with Crippen LogP contribution in [0.25, 0.3) is 0 Å². The van der Waals surface area contributed by atoms with Crippen LogP contribution in [0.1, 0.15) is 6.42 Å². The molecule has 2 aliphatic heterocycles. The van der Waals surface area contributed by atoms with Gasteiger partial charge in [0.05, 0.1) is 6.61 Å². The summed E-state index contributed by atoms with van der Waals surface area (Å²) in [5.41, 5.74) is 5.65. The number of nitrogens with zero attached hydrogens (tertiary/aromatic N) is 1. The monoisotopic (exact) mass is 142 g/mol. The molecule has 2 heterocycles. The molecule has 1 atom stereocenters. The molecule has 2 aliphatic rings. The minimum Gasteiger partial charge on any atom is -0.380 e. The summed E-state index contributed by atoms with van der Waals surface area (Å²) in [6.07, 6.45) is 1.20. The van der Waals surface area contributed by atoms with Gasteiger partial charge in [-0.25, -0.2) is 0 Å². The van der Waals surface area contributed by atoms with Gasteiger partial charge in [0.2, 0.25) is 0 Å². The zero-order chi connectivity index (χ0) is 6.97. The fourth-order valence-corrected chi connectivity index (χ4v) is 1.66. The lowest BCUT2D eigenvalue weighted by Crippen LogP contribution is -2.59. The summed E-state index contributed by atoms with van der Waals surface area (Å²) in [7, 11) is 0. The van der Waals surface area contributed by atoms with E-state index in [0.717, 1.165) is 26.3 Å². The van der Waals surface area contributed by atoms with Gasteiger partial charge in [-0.05, 0) is 6.42 Å². The highest BCUT2D eigenvalue weighted by atomic mass is 16.5. The number of likely N-dealkylation sites (tertiary alicyclic amines) is 1. The van der Waals surface area contributed by atoms with Gasteiger partial charge in [0.1, 0.15) is 0 Å². The molecule has 0 amide bonds. The molecule has 3 nitrogen and oxygen atoms in total. The maximum atomic E-state index is 5.65. The highest BCUT2D eigenvalue weighted by Crippen LogP contribution is 2.17. The Hall–Kier alpha value is -0.120. The Labute approximate surface area is 61.1 Å². The van der Waals surface area contributed by atoms with Crippen molar-refractivity contribution in [3.05, 3.63) is 0 Å². The average Bonchev–Trinajstić information content (AvgIpc) is 2.31. The molecule has 58 valence electrons. The van der Waals surface area contributed by atoms with Crippen molar-refractivity contribution in [2.75, 3.05) is 26.3 Å². The number of hydrogen-bond donors (Lipinski definition) is 1.